The number of aromatic hydroxyl groups is 1. The molecule has 0 aliphatic carbocycles. The lowest BCUT2D eigenvalue weighted by molar-refractivity contribution is -0.140. The van der Waals surface area contributed by atoms with E-state index < -0.39 is 17.7 Å². The molecule has 2 aliphatic rings. The quantitative estimate of drug-likeness (QED) is 0.230. The minimum absolute atomic E-state index is 0.0155. The third-order valence-corrected chi connectivity index (χ3v) is 7.60. The lowest BCUT2D eigenvalue weighted by atomic mass is 9.95. The van der Waals surface area contributed by atoms with E-state index in [4.69, 9.17) is 14.2 Å². The zero-order chi connectivity index (χ0) is 28.9. The molecule has 0 aromatic heterocycles. The normalized spacial score (nSPS) is 19.0. The topological polar surface area (TPSA) is 109 Å². The van der Waals surface area contributed by atoms with Gasteiger partial charge in [0.25, 0.3) is 11.7 Å². The number of phenols is 1. The Morgan fingerprint density at radius 3 is 2.44 bits per heavy atom. The minimum atomic E-state index is -0.859. The van der Waals surface area contributed by atoms with Crippen LogP contribution in [-0.2, 0) is 20.9 Å². The van der Waals surface area contributed by atoms with Gasteiger partial charge in [-0.2, -0.15) is 0 Å². The molecule has 1 atom stereocenters. The fourth-order valence-electron chi connectivity index (χ4n) is 5.19. The van der Waals surface area contributed by atoms with Gasteiger partial charge in [0, 0.05) is 31.7 Å². The highest BCUT2D eigenvalue weighted by Gasteiger charge is 2.46. The summed E-state index contributed by atoms with van der Waals surface area (Å²) >= 11 is 0. The summed E-state index contributed by atoms with van der Waals surface area (Å²) in [7, 11) is 1.43. The van der Waals surface area contributed by atoms with Crippen molar-refractivity contribution in [2.45, 2.75) is 19.6 Å². The zero-order valence-corrected chi connectivity index (χ0v) is 23.2. The van der Waals surface area contributed by atoms with E-state index in [0.29, 0.717) is 43.2 Å². The van der Waals surface area contributed by atoms with Crippen LogP contribution in [0.2, 0.25) is 0 Å². The maximum Gasteiger partial charge on any atom is 0.295 e. The molecule has 2 fully saturated rings. The summed E-state index contributed by atoms with van der Waals surface area (Å²) in [6, 6.07) is 18.6. The van der Waals surface area contributed by atoms with Gasteiger partial charge < -0.3 is 29.3 Å². The van der Waals surface area contributed by atoms with Gasteiger partial charge in [-0.3, -0.25) is 14.5 Å². The molecule has 2 aliphatic heterocycles. The second-order valence-electron chi connectivity index (χ2n) is 10.1. The van der Waals surface area contributed by atoms with E-state index in [2.05, 4.69) is 4.90 Å². The number of hydrogen-bond donors (Lipinski definition) is 2. The molecule has 1 amide bonds. The molecular weight excluding hydrogens is 524 g/mol. The highest BCUT2D eigenvalue weighted by molar-refractivity contribution is 6.46. The first-order chi connectivity index (χ1) is 19.9. The predicted octanol–water partition coefficient (Wildman–Crippen LogP) is 4.04. The Balaban J connectivity index is 1.45. The third kappa shape index (κ3) is 6.06. The van der Waals surface area contributed by atoms with Gasteiger partial charge in [0.15, 0.2) is 11.5 Å². The molecule has 2 saturated heterocycles. The summed E-state index contributed by atoms with van der Waals surface area (Å²) in [5, 5.41) is 21.6. The number of amides is 1. The van der Waals surface area contributed by atoms with E-state index in [1.807, 2.05) is 31.2 Å². The van der Waals surface area contributed by atoms with Crippen LogP contribution in [0.1, 0.15) is 28.3 Å². The molecule has 214 valence electrons. The number of ketones is 1. The Morgan fingerprint density at radius 2 is 1.73 bits per heavy atom. The molecule has 5 rings (SSSR count). The van der Waals surface area contributed by atoms with Crippen LogP contribution in [0.25, 0.3) is 5.76 Å². The molecule has 3 aromatic rings. The van der Waals surface area contributed by atoms with Crippen LogP contribution in [0.3, 0.4) is 0 Å². The van der Waals surface area contributed by atoms with Crippen molar-refractivity contribution in [2.75, 3.05) is 46.5 Å². The van der Waals surface area contributed by atoms with Crippen molar-refractivity contribution in [3.8, 4) is 17.2 Å². The molecule has 9 heteroatoms. The van der Waals surface area contributed by atoms with Gasteiger partial charge >= 0.3 is 0 Å². The largest absolute Gasteiger partial charge is 0.507 e. The van der Waals surface area contributed by atoms with E-state index in [-0.39, 0.29) is 29.4 Å². The molecule has 0 unspecified atom stereocenters. The van der Waals surface area contributed by atoms with E-state index in [1.54, 1.807) is 36.4 Å². The molecule has 9 nitrogen and oxygen atoms in total. The summed E-state index contributed by atoms with van der Waals surface area (Å²) in [6.07, 6.45) is 0. The number of phenolic OH excluding ortho intramolecular Hbond substituents is 1. The van der Waals surface area contributed by atoms with Crippen molar-refractivity contribution in [2.24, 2.45) is 0 Å². The molecule has 0 saturated carbocycles. The summed E-state index contributed by atoms with van der Waals surface area (Å²) < 4.78 is 16.6. The summed E-state index contributed by atoms with van der Waals surface area (Å²) in [5.41, 5.74) is 3.11. The van der Waals surface area contributed by atoms with Gasteiger partial charge in [0.05, 0.1) is 31.9 Å². The van der Waals surface area contributed by atoms with Crippen LogP contribution in [-0.4, -0.2) is 78.2 Å². The Hall–Kier alpha value is -4.34. The monoisotopic (exact) mass is 558 g/mol. The lowest BCUT2D eigenvalue weighted by Crippen LogP contribution is -2.42. The highest BCUT2D eigenvalue weighted by Crippen LogP contribution is 2.41. The van der Waals surface area contributed by atoms with Gasteiger partial charge in [-0.1, -0.05) is 30.3 Å². The fraction of sp³-hybridized carbons (Fsp3) is 0.312. The van der Waals surface area contributed by atoms with Crippen LogP contribution in [0.4, 0.5) is 0 Å². The zero-order valence-electron chi connectivity index (χ0n) is 23.2. The first-order valence-corrected chi connectivity index (χ1v) is 13.6. The molecule has 41 heavy (non-hydrogen) atoms. The molecule has 0 radical (unpaired) electrons. The number of hydrogen-bond acceptors (Lipinski definition) is 8. The van der Waals surface area contributed by atoms with Crippen molar-refractivity contribution < 1.29 is 34.0 Å². The second kappa shape index (κ2) is 12.4. The molecule has 3 aromatic carbocycles. The molecule has 0 spiro atoms. The number of benzene rings is 3. The SMILES string of the molecule is COc1cc([C@@H]2C(=C(O)c3ccc(OCc4ccccc4C)cc3)C(=O)C(=O)N2CCN2CCOCC2)ccc1O. The van der Waals surface area contributed by atoms with Crippen molar-refractivity contribution >= 4 is 17.4 Å². The number of rotatable bonds is 9. The van der Waals surface area contributed by atoms with Crippen LogP contribution >= 0.6 is 0 Å². The number of methoxy groups -OCH3 is 1. The third-order valence-electron chi connectivity index (χ3n) is 7.60. The Kier molecular flexibility index (Phi) is 8.56. The van der Waals surface area contributed by atoms with Gasteiger partial charge in [-0.05, 0) is 60.0 Å². The van der Waals surface area contributed by atoms with Crippen LogP contribution in [0, 0.1) is 6.92 Å². The van der Waals surface area contributed by atoms with Gasteiger partial charge in [0.1, 0.15) is 18.1 Å². The van der Waals surface area contributed by atoms with E-state index in [9.17, 15) is 19.8 Å². The molecule has 0 bridgehead atoms. The molecule has 2 N–H and O–H groups in total. The first-order valence-electron chi connectivity index (χ1n) is 13.6. The average Bonchev–Trinajstić information content (AvgIpc) is 3.25. The minimum Gasteiger partial charge on any atom is -0.507 e. The van der Waals surface area contributed by atoms with E-state index in [1.165, 1.54) is 18.1 Å². The van der Waals surface area contributed by atoms with Crippen LogP contribution in [0.5, 0.6) is 17.2 Å². The molecular formula is C32H34N2O7. The van der Waals surface area contributed by atoms with E-state index >= 15 is 0 Å². The summed E-state index contributed by atoms with van der Waals surface area (Å²) in [6.45, 7) is 5.95. The van der Waals surface area contributed by atoms with Crippen molar-refractivity contribution in [3.05, 3.63) is 94.6 Å². The number of carbonyl (C=O) groups is 2. The van der Waals surface area contributed by atoms with Crippen molar-refractivity contribution in [1.29, 1.82) is 0 Å². The summed E-state index contributed by atoms with van der Waals surface area (Å²) in [4.78, 5) is 30.4. The number of likely N-dealkylation sites (tertiary alicyclic amines) is 1. The summed E-state index contributed by atoms with van der Waals surface area (Å²) in [5.74, 6) is -0.981. The van der Waals surface area contributed by atoms with Crippen LogP contribution in [0.15, 0.2) is 72.3 Å². The van der Waals surface area contributed by atoms with Crippen molar-refractivity contribution in [3.63, 3.8) is 0 Å². The van der Waals surface area contributed by atoms with Gasteiger partial charge in [0.2, 0.25) is 0 Å². The van der Waals surface area contributed by atoms with Crippen molar-refractivity contribution in [1.82, 2.24) is 9.80 Å². The van der Waals surface area contributed by atoms with Gasteiger partial charge in [-0.25, -0.2) is 0 Å². The van der Waals surface area contributed by atoms with Crippen LogP contribution < -0.4 is 9.47 Å². The number of ether oxygens (including phenoxy) is 3. The number of aliphatic hydroxyl groups excluding tert-OH is 1. The Morgan fingerprint density at radius 1 is 1.00 bits per heavy atom. The lowest BCUT2D eigenvalue weighted by Gasteiger charge is -2.31. The first kappa shape index (κ1) is 28.2. The maximum absolute atomic E-state index is 13.4. The van der Waals surface area contributed by atoms with E-state index in [0.717, 1.165) is 24.2 Å². The average molecular weight is 559 g/mol. The molecule has 2 heterocycles. The Bertz CT molecular complexity index is 1440. The smallest absolute Gasteiger partial charge is 0.295 e. The highest BCUT2D eigenvalue weighted by atomic mass is 16.5. The predicted molar refractivity (Wildman–Crippen MR) is 153 cm³/mol. The number of aryl methyl sites for hydroxylation is 1. The second-order valence-corrected chi connectivity index (χ2v) is 10.1. The number of aliphatic hydroxyl groups is 1. The fourth-order valence-corrected chi connectivity index (χ4v) is 5.19. The number of nitrogens with zero attached hydrogens (tertiary/aromatic N) is 2. The number of Topliss-reactive ketones (excluding diaryl/α,β-unsaturated/α-hetero) is 1. The van der Waals surface area contributed by atoms with Gasteiger partial charge in [-0.15, -0.1) is 0 Å². The number of carbonyl (C=O) groups excluding carboxylic acids is 2. The standard InChI is InChI=1S/C32H34N2O7/c1-21-5-3-4-6-24(21)20-41-25-10-7-22(8-11-25)30(36)28-29(23-9-12-26(35)27(19-23)39-2)34(32(38)31(28)37)14-13-33-15-17-40-18-16-33/h3-12,19,29,35-36H,13-18,20H2,1-2H3/t29-/m1/s1. The number of morpholine rings is 1. The Labute approximate surface area is 239 Å². The maximum atomic E-state index is 13.4.